The molecule has 0 fully saturated rings. The van der Waals surface area contributed by atoms with Crippen molar-refractivity contribution in [1.82, 2.24) is 24.6 Å². The Kier molecular flexibility index (Phi) is 6.01. The van der Waals surface area contributed by atoms with Crippen LogP contribution >= 0.6 is 23.1 Å². The summed E-state index contributed by atoms with van der Waals surface area (Å²) in [6.45, 7) is 0. The third kappa shape index (κ3) is 4.71. The van der Waals surface area contributed by atoms with E-state index in [1.54, 1.807) is 6.20 Å². The summed E-state index contributed by atoms with van der Waals surface area (Å²) in [5.41, 5.74) is 2.86. The summed E-state index contributed by atoms with van der Waals surface area (Å²) in [4.78, 5) is 34.4. The first kappa shape index (κ1) is 21.1. The summed E-state index contributed by atoms with van der Waals surface area (Å²) < 4.78 is 1.51. The van der Waals surface area contributed by atoms with E-state index in [1.807, 2.05) is 60.0 Å². The van der Waals surface area contributed by atoms with Gasteiger partial charge in [0.05, 0.1) is 17.1 Å². The second-order valence-electron chi connectivity index (χ2n) is 7.10. The molecular formula is C23H18N6O2S2. The molecule has 0 bridgehead atoms. The second-order valence-corrected chi connectivity index (χ2v) is 8.96. The summed E-state index contributed by atoms with van der Waals surface area (Å²) in [7, 11) is 0. The normalized spacial score (nSPS) is 11.0. The fourth-order valence-corrected chi connectivity index (χ4v) is 4.75. The van der Waals surface area contributed by atoms with E-state index in [9.17, 15) is 9.59 Å². The van der Waals surface area contributed by atoms with E-state index < -0.39 is 0 Å². The third-order valence-electron chi connectivity index (χ3n) is 4.81. The quantitative estimate of drug-likeness (QED) is 0.368. The van der Waals surface area contributed by atoms with Gasteiger partial charge >= 0.3 is 0 Å². The molecule has 0 saturated heterocycles. The van der Waals surface area contributed by atoms with Gasteiger partial charge in [0.15, 0.2) is 16.6 Å². The van der Waals surface area contributed by atoms with Gasteiger partial charge in [-0.3, -0.25) is 19.1 Å². The lowest BCUT2D eigenvalue weighted by Crippen LogP contribution is -2.16. The number of thioether (sulfide) groups is 1. The average molecular weight is 475 g/mol. The highest BCUT2D eigenvalue weighted by Gasteiger charge is 2.13. The molecule has 0 radical (unpaired) electrons. The number of benzene rings is 2. The van der Waals surface area contributed by atoms with Gasteiger partial charge in [-0.25, -0.2) is 9.97 Å². The number of amides is 1. The standard InChI is InChI=1S/C23H18N6O2S2/c30-19(14-32-13-16-12-20(31)29-10-11-33-23(29)24-16)25-18-9-5-4-8-17(18)22-26-21(27-28-22)15-6-2-1-3-7-15/h1-12H,13-14H2,(H,25,30)(H,26,27,28). The Bertz CT molecular complexity index is 1480. The summed E-state index contributed by atoms with van der Waals surface area (Å²) in [5.74, 6) is 1.72. The largest absolute Gasteiger partial charge is 0.325 e. The van der Waals surface area contributed by atoms with Crippen molar-refractivity contribution in [1.29, 1.82) is 0 Å². The highest BCUT2D eigenvalue weighted by atomic mass is 32.2. The van der Waals surface area contributed by atoms with Crippen molar-refractivity contribution in [3.05, 3.63) is 88.3 Å². The van der Waals surface area contributed by atoms with Crippen molar-refractivity contribution in [3.63, 3.8) is 0 Å². The molecule has 33 heavy (non-hydrogen) atoms. The van der Waals surface area contributed by atoms with Gasteiger partial charge in [-0.15, -0.1) is 23.1 Å². The van der Waals surface area contributed by atoms with E-state index in [0.29, 0.717) is 33.7 Å². The van der Waals surface area contributed by atoms with Gasteiger partial charge in [0.1, 0.15) is 0 Å². The number of carbonyl (C=O) groups is 1. The first-order valence-electron chi connectivity index (χ1n) is 10.1. The highest BCUT2D eigenvalue weighted by molar-refractivity contribution is 7.99. The van der Waals surface area contributed by atoms with Crippen molar-refractivity contribution in [2.75, 3.05) is 11.1 Å². The SMILES string of the molecule is O=C(CSCc1cc(=O)n2ccsc2n1)Nc1ccccc1-c1nc(-c2ccccc2)n[nH]1. The Morgan fingerprint density at radius 3 is 2.79 bits per heavy atom. The van der Waals surface area contributed by atoms with Crippen LogP contribution in [0.25, 0.3) is 27.7 Å². The number of thiazole rings is 1. The number of hydrogen-bond acceptors (Lipinski definition) is 7. The fourth-order valence-electron chi connectivity index (χ4n) is 3.29. The molecule has 0 aliphatic heterocycles. The molecule has 0 aliphatic carbocycles. The molecule has 0 aliphatic rings. The Balaban J connectivity index is 1.25. The zero-order valence-corrected chi connectivity index (χ0v) is 18.9. The van der Waals surface area contributed by atoms with Crippen molar-refractivity contribution >= 4 is 39.7 Å². The number of para-hydroxylation sites is 1. The molecule has 0 atom stereocenters. The van der Waals surface area contributed by atoms with Crippen LogP contribution in [0.5, 0.6) is 0 Å². The number of nitrogens with one attached hydrogen (secondary N) is 2. The van der Waals surface area contributed by atoms with Crippen LogP contribution in [0.2, 0.25) is 0 Å². The molecule has 2 N–H and O–H groups in total. The Labute approximate surface area is 196 Å². The number of nitrogens with zero attached hydrogens (tertiary/aromatic N) is 4. The maximum atomic E-state index is 12.6. The number of hydrogen-bond donors (Lipinski definition) is 2. The number of H-pyrrole nitrogens is 1. The van der Waals surface area contributed by atoms with E-state index in [4.69, 9.17) is 0 Å². The molecule has 0 unspecified atom stereocenters. The van der Waals surface area contributed by atoms with Crippen LogP contribution in [-0.2, 0) is 10.5 Å². The molecule has 10 heteroatoms. The third-order valence-corrected chi connectivity index (χ3v) is 6.54. The second kappa shape index (κ2) is 9.39. The van der Waals surface area contributed by atoms with E-state index in [1.165, 1.54) is 33.6 Å². The molecule has 0 saturated carbocycles. The molecule has 1 amide bonds. The van der Waals surface area contributed by atoms with Gasteiger partial charge in [-0.1, -0.05) is 42.5 Å². The van der Waals surface area contributed by atoms with Crippen LogP contribution < -0.4 is 10.9 Å². The molecule has 3 heterocycles. The van der Waals surface area contributed by atoms with Crippen LogP contribution in [0.1, 0.15) is 5.69 Å². The lowest BCUT2D eigenvalue weighted by molar-refractivity contribution is -0.113. The van der Waals surface area contributed by atoms with Crippen molar-refractivity contribution in [2.24, 2.45) is 0 Å². The predicted octanol–water partition coefficient (Wildman–Crippen LogP) is 4.08. The summed E-state index contributed by atoms with van der Waals surface area (Å²) in [6, 6.07) is 18.6. The van der Waals surface area contributed by atoms with Crippen LogP contribution in [0.3, 0.4) is 0 Å². The molecular weight excluding hydrogens is 456 g/mol. The van der Waals surface area contributed by atoms with Gasteiger partial charge in [0, 0.05) is 34.5 Å². The zero-order valence-electron chi connectivity index (χ0n) is 17.3. The first-order valence-corrected chi connectivity index (χ1v) is 12.1. The number of rotatable bonds is 7. The molecule has 0 spiro atoms. The van der Waals surface area contributed by atoms with E-state index in [0.717, 1.165) is 11.1 Å². The first-order chi connectivity index (χ1) is 16.2. The lowest BCUT2D eigenvalue weighted by Gasteiger charge is -2.09. The number of fused-ring (bicyclic) bond motifs is 1. The summed E-state index contributed by atoms with van der Waals surface area (Å²) in [6.07, 6.45) is 1.70. The molecule has 5 aromatic rings. The maximum absolute atomic E-state index is 12.6. The molecule has 2 aromatic carbocycles. The molecule has 3 aromatic heterocycles. The van der Waals surface area contributed by atoms with E-state index >= 15 is 0 Å². The Morgan fingerprint density at radius 1 is 1.09 bits per heavy atom. The van der Waals surface area contributed by atoms with Gasteiger partial charge < -0.3 is 5.32 Å². The smallest absolute Gasteiger partial charge is 0.258 e. The van der Waals surface area contributed by atoms with Crippen LogP contribution in [-0.4, -0.2) is 36.2 Å². The predicted molar refractivity (Wildman–Crippen MR) is 131 cm³/mol. The lowest BCUT2D eigenvalue weighted by atomic mass is 10.1. The Morgan fingerprint density at radius 2 is 1.91 bits per heavy atom. The Hall–Kier alpha value is -3.76. The van der Waals surface area contributed by atoms with Crippen molar-refractivity contribution < 1.29 is 4.79 Å². The average Bonchev–Trinajstić information content (AvgIpc) is 3.50. The maximum Gasteiger partial charge on any atom is 0.258 e. The topological polar surface area (TPSA) is 105 Å². The van der Waals surface area contributed by atoms with Gasteiger partial charge in [0.25, 0.3) is 5.56 Å². The highest BCUT2D eigenvalue weighted by Crippen LogP contribution is 2.27. The number of anilines is 1. The number of carbonyl (C=O) groups excluding carboxylic acids is 1. The van der Waals surface area contributed by atoms with Gasteiger partial charge in [0.2, 0.25) is 5.91 Å². The zero-order chi connectivity index (χ0) is 22.6. The molecule has 5 rings (SSSR count). The minimum absolute atomic E-state index is 0.114. The van der Waals surface area contributed by atoms with E-state index in [-0.39, 0.29) is 17.2 Å². The fraction of sp³-hybridized carbons (Fsp3) is 0.0870. The monoisotopic (exact) mass is 474 g/mol. The van der Waals surface area contributed by atoms with Gasteiger partial charge in [-0.05, 0) is 12.1 Å². The van der Waals surface area contributed by atoms with Crippen LogP contribution in [0.15, 0.2) is 77.0 Å². The summed E-state index contributed by atoms with van der Waals surface area (Å²) in [5, 5.41) is 12.0. The van der Waals surface area contributed by atoms with Crippen LogP contribution in [0, 0.1) is 0 Å². The van der Waals surface area contributed by atoms with Crippen molar-refractivity contribution in [3.8, 4) is 22.8 Å². The van der Waals surface area contributed by atoms with Crippen LogP contribution in [0.4, 0.5) is 5.69 Å². The van der Waals surface area contributed by atoms with Crippen molar-refractivity contribution in [2.45, 2.75) is 5.75 Å². The minimum atomic E-state index is -0.149. The minimum Gasteiger partial charge on any atom is -0.325 e. The van der Waals surface area contributed by atoms with Gasteiger partial charge in [-0.2, -0.15) is 5.10 Å². The summed E-state index contributed by atoms with van der Waals surface area (Å²) >= 11 is 2.81. The molecule has 164 valence electrons. The number of aromatic nitrogens is 5. The molecule has 8 nitrogen and oxygen atoms in total. The van der Waals surface area contributed by atoms with E-state index in [2.05, 4.69) is 25.5 Å². The number of aromatic amines is 1.